The highest BCUT2D eigenvalue weighted by Gasteiger charge is 1.87. The van der Waals surface area contributed by atoms with Gasteiger partial charge in [0.15, 0.2) is 0 Å². The van der Waals surface area contributed by atoms with Gasteiger partial charge in [0, 0.05) is 0 Å². The van der Waals surface area contributed by atoms with E-state index < -0.39 is 0 Å². The molecule has 0 fully saturated rings. The third-order valence-corrected chi connectivity index (χ3v) is 2.79. The Labute approximate surface area is 119 Å². The van der Waals surface area contributed by atoms with Crippen LogP contribution in [0.2, 0.25) is 0 Å². The van der Waals surface area contributed by atoms with Gasteiger partial charge in [0.1, 0.15) is 0 Å². The van der Waals surface area contributed by atoms with Gasteiger partial charge in [-0.3, -0.25) is 0 Å². The van der Waals surface area contributed by atoms with Crippen LogP contribution in [0.3, 0.4) is 0 Å². The lowest BCUT2D eigenvalue weighted by Gasteiger charge is -2.02. The van der Waals surface area contributed by atoms with Crippen molar-refractivity contribution >= 4 is 0 Å². The van der Waals surface area contributed by atoms with E-state index >= 15 is 0 Å². The normalized spacial score (nSPS) is 10.2. The molecule has 0 saturated heterocycles. The van der Waals surface area contributed by atoms with Gasteiger partial charge in [0.25, 0.3) is 0 Å². The van der Waals surface area contributed by atoms with Gasteiger partial charge >= 0.3 is 0 Å². The zero-order valence-corrected chi connectivity index (χ0v) is 12.8. The first-order valence-electron chi connectivity index (χ1n) is 7.64. The van der Waals surface area contributed by atoms with Gasteiger partial charge in [0.2, 0.25) is 0 Å². The maximum absolute atomic E-state index is 3.34. The predicted octanol–water partition coefficient (Wildman–Crippen LogP) is 0.558. The molecule has 0 radical (unpaired) electrons. The number of nitrogens with one attached hydrogen (secondary N) is 4. The molecule has 0 rings (SSSR count). The molecule has 0 aliphatic carbocycles. The summed E-state index contributed by atoms with van der Waals surface area (Å²) in [5.41, 5.74) is 0. The van der Waals surface area contributed by atoms with Gasteiger partial charge in [-0.2, -0.15) is 0 Å². The predicted molar refractivity (Wildman–Crippen MR) is 84.5 cm³/mol. The maximum Gasteiger partial charge on any atom is 0.0577 e. The van der Waals surface area contributed by atoms with Crippen LogP contribution in [-0.2, 0) is 0 Å². The van der Waals surface area contributed by atoms with Gasteiger partial charge in [-0.25, -0.2) is 0 Å². The quantitative estimate of drug-likeness (QED) is 0.291. The number of hydrogen-bond donors (Lipinski definition) is 4. The van der Waals surface area contributed by atoms with Gasteiger partial charge < -0.3 is 21.3 Å². The SMILES string of the molecule is CCNCCCCNCC#CCNCCCCNC. The second kappa shape index (κ2) is 17.4. The monoisotopic (exact) mass is 268 g/mol. The van der Waals surface area contributed by atoms with Gasteiger partial charge in [-0.15, -0.1) is 0 Å². The minimum atomic E-state index is 0.807. The molecular formula is C15H32N4. The van der Waals surface area contributed by atoms with Crippen LogP contribution in [0.4, 0.5) is 0 Å². The topological polar surface area (TPSA) is 48.1 Å². The van der Waals surface area contributed by atoms with E-state index in [2.05, 4.69) is 40.0 Å². The number of unbranched alkanes of at least 4 members (excludes halogenated alkanes) is 2. The van der Waals surface area contributed by atoms with Crippen molar-refractivity contribution in [2.75, 3.05) is 52.9 Å². The van der Waals surface area contributed by atoms with E-state index in [1.54, 1.807) is 0 Å². The van der Waals surface area contributed by atoms with Crippen molar-refractivity contribution < 1.29 is 0 Å². The molecule has 0 aliphatic rings. The molecule has 0 amide bonds. The maximum atomic E-state index is 3.34. The van der Waals surface area contributed by atoms with Gasteiger partial charge in [0.05, 0.1) is 13.1 Å². The summed E-state index contributed by atoms with van der Waals surface area (Å²) >= 11 is 0. The molecule has 4 nitrogen and oxygen atoms in total. The number of hydrogen-bond acceptors (Lipinski definition) is 4. The van der Waals surface area contributed by atoms with Crippen molar-refractivity contribution in [3.8, 4) is 11.8 Å². The Morgan fingerprint density at radius 2 is 1.16 bits per heavy atom. The molecule has 0 atom stereocenters. The molecule has 19 heavy (non-hydrogen) atoms. The van der Waals surface area contributed by atoms with Crippen molar-refractivity contribution in [3.63, 3.8) is 0 Å². The molecule has 0 saturated carbocycles. The van der Waals surface area contributed by atoms with E-state index in [9.17, 15) is 0 Å². The number of rotatable bonds is 13. The van der Waals surface area contributed by atoms with Gasteiger partial charge in [-0.05, 0) is 65.5 Å². The Balaban J connectivity index is 3.05. The minimum Gasteiger partial charge on any atom is -0.320 e. The molecule has 0 aromatic carbocycles. The van der Waals surface area contributed by atoms with Gasteiger partial charge in [-0.1, -0.05) is 18.8 Å². The second-order valence-electron chi connectivity index (χ2n) is 4.58. The molecule has 4 heteroatoms. The second-order valence-corrected chi connectivity index (χ2v) is 4.58. The zero-order valence-electron chi connectivity index (χ0n) is 12.8. The standard InChI is InChI=1S/C15H32N4/c1-3-17-11-6-7-13-19-15-9-8-14-18-12-5-4-10-16-2/h16-19H,3-7,10-15H2,1-2H3. The molecule has 0 heterocycles. The fraction of sp³-hybridized carbons (Fsp3) is 0.867. The molecule has 4 N–H and O–H groups in total. The molecule has 0 aliphatic heterocycles. The lowest BCUT2D eigenvalue weighted by atomic mass is 10.3. The molecule has 0 spiro atoms. The lowest BCUT2D eigenvalue weighted by Crippen LogP contribution is -2.19. The molecule has 0 unspecified atom stereocenters. The van der Waals surface area contributed by atoms with E-state index in [0.29, 0.717) is 0 Å². The van der Waals surface area contributed by atoms with Crippen LogP contribution >= 0.6 is 0 Å². The first kappa shape index (κ1) is 18.4. The molecule has 112 valence electrons. The van der Waals surface area contributed by atoms with Crippen LogP contribution in [0, 0.1) is 11.8 Å². The minimum absolute atomic E-state index is 0.807. The summed E-state index contributed by atoms with van der Waals surface area (Å²) in [7, 11) is 1.99. The Kier molecular flexibility index (Phi) is 16.9. The summed E-state index contributed by atoms with van der Waals surface area (Å²) in [6.07, 6.45) is 4.90. The van der Waals surface area contributed by atoms with Crippen LogP contribution in [-0.4, -0.2) is 52.9 Å². The zero-order chi connectivity index (χ0) is 14.0. The summed E-state index contributed by atoms with van der Waals surface area (Å²) in [6.45, 7) is 9.19. The van der Waals surface area contributed by atoms with E-state index in [4.69, 9.17) is 0 Å². The largest absolute Gasteiger partial charge is 0.320 e. The van der Waals surface area contributed by atoms with E-state index in [1.165, 1.54) is 25.7 Å². The molecule has 0 aromatic rings. The van der Waals surface area contributed by atoms with Crippen LogP contribution in [0.25, 0.3) is 0 Å². The Bertz CT molecular complexity index is 220. The first-order valence-corrected chi connectivity index (χ1v) is 7.64. The average Bonchev–Trinajstić information content (AvgIpc) is 2.43. The Hall–Kier alpha value is -0.600. The summed E-state index contributed by atoms with van der Waals surface area (Å²) < 4.78 is 0. The highest BCUT2D eigenvalue weighted by Crippen LogP contribution is 1.83. The third-order valence-electron chi connectivity index (χ3n) is 2.79. The van der Waals surface area contributed by atoms with Crippen molar-refractivity contribution in [2.45, 2.75) is 32.6 Å². The smallest absolute Gasteiger partial charge is 0.0577 e. The molecular weight excluding hydrogens is 236 g/mol. The Morgan fingerprint density at radius 1 is 0.684 bits per heavy atom. The lowest BCUT2D eigenvalue weighted by molar-refractivity contribution is 0.610. The van der Waals surface area contributed by atoms with Crippen LogP contribution in [0.5, 0.6) is 0 Å². The third kappa shape index (κ3) is 17.4. The summed E-state index contributed by atoms with van der Waals surface area (Å²) in [4.78, 5) is 0. The van der Waals surface area contributed by atoms with Crippen molar-refractivity contribution in [3.05, 3.63) is 0 Å². The van der Waals surface area contributed by atoms with E-state index in [1.807, 2.05) is 7.05 Å². The average molecular weight is 268 g/mol. The highest BCUT2D eigenvalue weighted by atomic mass is 14.9. The summed E-state index contributed by atoms with van der Waals surface area (Å²) in [5.74, 6) is 6.27. The molecule has 0 bridgehead atoms. The fourth-order valence-electron chi connectivity index (χ4n) is 1.66. The first-order chi connectivity index (χ1) is 9.41. The fourth-order valence-corrected chi connectivity index (χ4v) is 1.66. The van der Waals surface area contributed by atoms with Crippen molar-refractivity contribution in [1.29, 1.82) is 0 Å². The van der Waals surface area contributed by atoms with Crippen LogP contribution < -0.4 is 21.3 Å². The van der Waals surface area contributed by atoms with Crippen LogP contribution in [0.1, 0.15) is 32.6 Å². The van der Waals surface area contributed by atoms with E-state index in [0.717, 1.165) is 45.8 Å². The summed E-state index contributed by atoms with van der Waals surface area (Å²) in [5, 5.41) is 13.1. The van der Waals surface area contributed by atoms with Crippen molar-refractivity contribution in [2.24, 2.45) is 0 Å². The molecule has 0 aromatic heterocycles. The summed E-state index contributed by atoms with van der Waals surface area (Å²) in [6, 6.07) is 0. The van der Waals surface area contributed by atoms with E-state index in [-0.39, 0.29) is 0 Å². The highest BCUT2D eigenvalue weighted by molar-refractivity contribution is 5.02. The Morgan fingerprint density at radius 3 is 1.63 bits per heavy atom. The van der Waals surface area contributed by atoms with Crippen LogP contribution in [0.15, 0.2) is 0 Å². The van der Waals surface area contributed by atoms with Crippen molar-refractivity contribution in [1.82, 2.24) is 21.3 Å².